The molecule has 0 radical (unpaired) electrons. The Morgan fingerprint density at radius 1 is 0.810 bits per heavy atom. The maximum atomic E-state index is 10.1. The van der Waals surface area contributed by atoms with Gasteiger partial charge in [0, 0.05) is 6.42 Å². The smallest absolute Gasteiger partial charge is 0.303 e. The maximum absolute atomic E-state index is 10.1. The lowest BCUT2D eigenvalue weighted by molar-refractivity contribution is -0.137. The van der Waals surface area contributed by atoms with Crippen LogP contribution in [0.4, 0.5) is 0 Å². The van der Waals surface area contributed by atoms with Crippen LogP contribution in [0.2, 0.25) is 0 Å². The Labute approximate surface area is 133 Å². The van der Waals surface area contributed by atoms with Crippen molar-refractivity contribution >= 4 is 5.97 Å². The molecule has 0 aromatic rings. The lowest BCUT2D eigenvalue weighted by atomic mass is 10.1. The van der Waals surface area contributed by atoms with Gasteiger partial charge in [0.2, 0.25) is 0 Å². The van der Waals surface area contributed by atoms with Crippen molar-refractivity contribution in [1.29, 1.82) is 0 Å². The Morgan fingerprint density at radius 3 is 1.67 bits per heavy atom. The quantitative estimate of drug-likeness (QED) is 0.284. The van der Waals surface area contributed by atoms with Gasteiger partial charge in [0.05, 0.1) is 0 Å². The number of carbonyl (C=O) groups is 1. The predicted molar refractivity (Wildman–Crippen MR) is 93.8 cm³/mol. The number of carboxylic acids is 1. The molecule has 0 aliphatic carbocycles. The Morgan fingerprint density at radius 2 is 1.24 bits per heavy atom. The Hall–Kier alpha value is -0.790. The summed E-state index contributed by atoms with van der Waals surface area (Å²) < 4.78 is 0. The molecule has 0 atom stereocenters. The molecule has 0 aliphatic heterocycles. The van der Waals surface area contributed by atoms with E-state index in [0.29, 0.717) is 6.42 Å². The second-order valence-corrected chi connectivity index (χ2v) is 5.76. The molecule has 0 aliphatic rings. The first-order valence-corrected chi connectivity index (χ1v) is 9.01. The summed E-state index contributed by atoms with van der Waals surface area (Å²) in [7, 11) is 0. The predicted octanol–water partition coefficient (Wildman–Crippen LogP) is 6.74. The van der Waals surface area contributed by atoms with Crippen LogP contribution in [0.1, 0.15) is 104 Å². The van der Waals surface area contributed by atoms with Crippen molar-refractivity contribution in [3.63, 3.8) is 0 Å². The lowest BCUT2D eigenvalue weighted by Gasteiger charge is -1.97. The van der Waals surface area contributed by atoms with Crippen molar-refractivity contribution in [2.75, 3.05) is 0 Å². The van der Waals surface area contributed by atoms with Gasteiger partial charge in [-0.2, -0.15) is 0 Å². The van der Waals surface area contributed by atoms with E-state index in [1.807, 2.05) is 6.08 Å². The Kier molecular flexibility index (Phi) is 23.0. The molecule has 2 heteroatoms. The molecule has 0 saturated heterocycles. The molecule has 21 heavy (non-hydrogen) atoms. The standard InChI is InChI=1S/C10H20.C9H18O2/c1-3-5-7-9-10-8-6-4-2;1-2-3-4-5-6-7-8-9(10)11/h3H,1,4-10H2,2H3;2-8H2,1H3,(H,10,11). The second-order valence-electron chi connectivity index (χ2n) is 5.76. The zero-order valence-corrected chi connectivity index (χ0v) is 14.5. The second kappa shape index (κ2) is 21.5. The number of hydrogen-bond acceptors (Lipinski definition) is 1. The number of aliphatic carboxylic acids is 1. The molecular formula is C19H38O2. The minimum Gasteiger partial charge on any atom is -0.481 e. The highest BCUT2D eigenvalue weighted by Crippen LogP contribution is 2.07. The molecular weight excluding hydrogens is 260 g/mol. The minimum absolute atomic E-state index is 0.339. The van der Waals surface area contributed by atoms with Crippen LogP contribution < -0.4 is 0 Å². The fourth-order valence-corrected chi connectivity index (χ4v) is 2.13. The van der Waals surface area contributed by atoms with E-state index in [-0.39, 0.29) is 0 Å². The SMILES string of the molecule is C=CCCCCCCCC.CCCCCCCCC(=O)O. The molecule has 0 aromatic heterocycles. The third kappa shape index (κ3) is 28.2. The van der Waals surface area contributed by atoms with Crippen LogP contribution in [0.3, 0.4) is 0 Å². The van der Waals surface area contributed by atoms with Gasteiger partial charge in [0.1, 0.15) is 0 Å². The van der Waals surface area contributed by atoms with Crippen LogP contribution in [-0.4, -0.2) is 11.1 Å². The van der Waals surface area contributed by atoms with E-state index in [4.69, 9.17) is 5.11 Å². The van der Waals surface area contributed by atoms with Crippen LogP contribution in [0, 0.1) is 0 Å². The molecule has 2 nitrogen and oxygen atoms in total. The average molecular weight is 299 g/mol. The van der Waals surface area contributed by atoms with Crippen molar-refractivity contribution in [3.05, 3.63) is 12.7 Å². The number of rotatable bonds is 14. The van der Waals surface area contributed by atoms with E-state index in [0.717, 1.165) is 12.8 Å². The average Bonchev–Trinajstić information content (AvgIpc) is 2.47. The van der Waals surface area contributed by atoms with Crippen molar-refractivity contribution in [2.45, 2.75) is 104 Å². The summed E-state index contributed by atoms with van der Waals surface area (Å²) >= 11 is 0. The van der Waals surface area contributed by atoms with Crippen LogP contribution in [0.5, 0.6) is 0 Å². The van der Waals surface area contributed by atoms with Gasteiger partial charge in [-0.05, 0) is 19.3 Å². The van der Waals surface area contributed by atoms with Gasteiger partial charge >= 0.3 is 5.97 Å². The number of unbranched alkanes of at least 4 members (excludes halogenated alkanes) is 11. The van der Waals surface area contributed by atoms with E-state index >= 15 is 0 Å². The molecule has 0 heterocycles. The number of allylic oxidation sites excluding steroid dienone is 1. The maximum Gasteiger partial charge on any atom is 0.303 e. The van der Waals surface area contributed by atoms with Gasteiger partial charge in [0.25, 0.3) is 0 Å². The monoisotopic (exact) mass is 298 g/mol. The number of carboxylic acid groups (broad SMARTS) is 1. The lowest BCUT2D eigenvalue weighted by Crippen LogP contribution is -1.93. The van der Waals surface area contributed by atoms with Gasteiger partial charge in [-0.15, -0.1) is 6.58 Å². The summed E-state index contributed by atoms with van der Waals surface area (Å²) in [5, 5.41) is 8.32. The van der Waals surface area contributed by atoms with E-state index in [1.54, 1.807) is 0 Å². The molecule has 0 rings (SSSR count). The van der Waals surface area contributed by atoms with Crippen LogP contribution in [0.25, 0.3) is 0 Å². The molecule has 1 N–H and O–H groups in total. The van der Waals surface area contributed by atoms with Gasteiger partial charge < -0.3 is 5.11 Å². The van der Waals surface area contributed by atoms with Crippen LogP contribution in [0.15, 0.2) is 12.7 Å². The molecule has 0 spiro atoms. The highest BCUT2D eigenvalue weighted by molar-refractivity contribution is 5.66. The summed E-state index contributed by atoms with van der Waals surface area (Å²) in [6.07, 6.45) is 18.8. The highest BCUT2D eigenvalue weighted by atomic mass is 16.4. The fourth-order valence-electron chi connectivity index (χ4n) is 2.13. The molecule has 0 aromatic carbocycles. The summed E-state index contributed by atoms with van der Waals surface area (Å²) in [5.41, 5.74) is 0. The van der Waals surface area contributed by atoms with E-state index in [1.165, 1.54) is 70.6 Å². The molecule has 0 fully saturated rings. The van der Waals surface area contributed by atoms with Gasteiger partial charge in [0.15, 0.2) is 0 Å². The normalized spacial score (nSPS) is 9.81. The summed E-state index contributed by atoms with van der Waals surface area (Å²) in [6.45, 7) is 8.13. The Balaban J connectivity index is 0. The third-order valence-corrected chi connectivity index (χ3v) is 3.51. The van der Waals surface area contributed by atoms with Gasteiger partial charge in [-0.25, -0.2) is 0 Å². The fraction of sp³-hybridized carbons (Fsp3) is 0.842. The first-order valence-electron chi connectivity index (χ1n) is 9.01. The van der Waals surface area contributed by atoms with E-state index in [9.17, 15) is 4.79 Å². The van der Waals surface area contributed by atoms with E-state index < -0.39 is 5.97 Å². The largest absolute Gasteiger partial charge is 0.481 e. The third-order valence-electron chi connectivity index (χ3n) is 3.51. The van der Waals surface area contributed by atoms with Gasteiger partial charge in [-0.1, -0.05) is 84.1 Å². The topological polar surface area (TPSA) is 37.3 Å². The summed E-state index contributed by atoms with van der Waals surface area (Å²) in [6, 6.07) is 0. The van der Waals surface area contributed by atoms with Gasteiger partial charge in [-0.3, -0.25) is 4.79 Å². The highest BCUT2D eigenvalue weighted by Gasteiger charge is 1.95. The summed E-state index contributed by atoms with van der Waals surface area (Å²) in [4.78, 5) is 10.1. The van der Waals surface area contributed by atoms with Crippen molar-refractivity contribution in [2.24, 2.45) is 0 Å². The number of hydrogen-bond donors (Lipinski definition) is 1. The minimum atomic E-state index is -0.666. The van der Waals surface area contributed by atoms with Crippen molar-refractivity contribution in [1.82, 2.24) is 0 Å². The van der Waals surface area contributed by atoms with Crippen LogP contribution >= 0.6 is 0 Å². The zero-order chi connectivity index (χ0) is 16.2. The van der Waals surface area contributed by atoms with Crippen LogP contribution in [-0.2, 0) is 4.79 Å². The van der Waals surface area contributed by atoms with E-state index in [2.05, 4.69) is 20.4 Å². The molecule has 0 amide bonds. The zero-order valence-electron chi connectivity index (χ0n) is 14.5. The summed E-state index contributed by atoms with van der Waals surface area (Å²) in [5.74, 6) is -0.666. The van der Waals surface area contributed by atoms with Crippen molar-refractivity contribution in [3.8, 4) is 0 Å². The first-order chi connectivity index (χ1) is 10.2. The molecule has 0 saturated carbocycles. The first kappa shape index (κ1) is 22.5. The Bertz CT molecular complexity index is 212. The van der Waals surface area contributed by atoms with Crippen molar-refractivity contribution < 1.29 is 9.90 Å². The molecule has 126 valence electrons. The molecule has 0 unspecified atom stereocenters. The molecule has 0 bridgehead atoms.